The minimum absolute atomic E-state index is 0.130. The number of hydrogen-bond donors (Lipinski definition) is 0. The summed E-state index contributed by atoms with van der Waals surface area (Å²) in [5.41, 5.74) is 2.25. The van der Waals surface area contributed by atoms with Gasteiger partial charge in [-0.2, -0.15) is 0 Å². The molecular weight excluding hydrogens is 228 g/mol. The number of carbonyl (C=O) groups is 2. The Morgan fingerprint density at radius 1 is 1.17 bits per heavy atom. The number of hydrogen-bond acceptors (Lipinski definition) is 3. The zero-order valence-electron chi connectivity index (χ0n) is 9.81. The summed E-state index contributed by atoms with van der Waals surface area (Å²) >= 11 is 0. The average Bonchev–Trinajstić information content (AvgIpc) is 2.92. The molecule has 1 aliphatic carbocycles. The van der Waals surface area contributed by atoms with Crippen molar-refractivity contribution >= 4 is 11.6 Å². The van der Waals surface area contributed by atoms with E-state index in [4.69, 9.17) is 4.42 Å². The van der Waals surface area contributed by atoms with Crippen LogP contribution in [0.2, 0.25) is 0 Å². The van der Waals surface area contributed by atoms with Gasteiger partial charge >= 0.3 is 0 Å². The van der Waals surface area contributed by atoms with Crippen molar-refractivity contribution in [2.24, 2.45) is 0 Å². The lowest BCUT2D eigenvalue weighted by Gasteiger charge is -2.14. The Kier molecular flexibility index (Phi) is 2.59. The second kappa shape index (κ2) is 4.26. The van der Waals surface area contributed by atoms with Crippen molar-refractivity contribution in [1.82, 2.24) is 0 Å². The quantitative estimate of drug-likeness (QED) is 0.758. The summed E-state index contributed by atoms with van der Waals surface area (Å²) in [5, 5.41) is 0. The van der Waals surface area contributed by atoms with Crippen molar-refractivity contribution < 1.29 is 14.0 Å². The SMILES string of the molecule is O=C(c1ccc2c(c1)C(=O)CCC2)c1ccco1. The zero-order chi connectivity index (χ0) is 12.5. The number of ketones is 2. The highest BCUT2D eigenvalue weighted by molar-refractivity contribution is 6.09. The van der Waals surface area contributed by atoms with Crippen molar-refractivity contribution in [2.75, 3.05) is 0 Å². The maximum Gasteiger partial charge on any atom is 0.228 e. The van der Waals surface area contributed by atoms with Crippen LogP contribution >= 0.6 is 0 Å². The minimum atomic E-state index is -0.179. The number of carbonyl (C=O) groups excluding carboxylic acids is 2. The number of benzene rings is 1. The van der Waals surface area contributed by atoms with Crippen LogP contribution in [0.15, 0.2) is 41.0 Å². The van der Waals surface area contributed by atoms with Crippen LogP contribution in [0.1, 0.15) is 44.9 Å². The van der Waals surface area contributed by atoms with Gasteiger partial charge in [0, 0.05) is 17.5 Å². The third-order valence-electron chi connectivity index (χ3n) is 3.27. The molecular formula is C15H12O3. The Balaban J connectivity index is 2.02. The summed E-state index contributed by atoms with van der Waals surface area (Å²) in [7, 11) is 0. The summed E-state index contributed by atoms with van der Waals surface area (Å²) in [4.78, 5) is 23.9. The fourth-order valence-electron chi connectivity index (χ4n) is 2.32. The van der Waals surface area contributed by atoms with E-state index in [0.717, 1.165) is 18.4 Å². The lowest BCUT2D eigenvalue weighted by molar-refractivity contribution is 0.0972. The van der Waals surface area contributed by atoms with Gasteiger partial charge in [-0.3, -0.25) is 9.59 Å². The van der Waals surface area contributed by atoms with Crippen LogP contribution < -0.4 is 0 Å². The molecule has 3 rings (SSSR count). The fraction of sp³-hybridized carbons (Fsp3) is 0.200. The number of aryl methyl sites for hydroxylation is 1. The Bertz CT molecular complexity index is 609. The molecule has 0 spiro atoms. The topological polar surface area (TPSA) is 47.3 Å². The van der Waals surface area contributed by atoms with E-state index in [1.54, 1.807) is 24.3 Å². The maximum atomic E-state index is 12.1. The molecule has 0 N–H and O–H groups in total. The summed E-state index contributed by atoms with van der Waals surface area (Å²) in [6.07, 6.45) is 3.86. The summed E-state index contributed by atoms with van der Waals surface area (Å²) in [6, 6.07) is 8.65. The molecule has 3 heteroatoms. The van der Waals surface area contributed by atoms with Gasteiger partial charge in [-0.1, -0.05) is 12.1 Å². The van der Waals surface area contributed by atoms with Crippen molar-refractivity contribution in [3.63, 3.8) is 0 Å². The second-order valence-corrected chi connectivity index (χ2v) is 4.46. The van der Waals surface area contributed by atoms with Crippen molar-refractivity contribution in [3.05, 3.63) is 59.0 Å². The Labute approximate surface area is 104 Å². The van der Waals surface area contributed by atoms with E-state index in [1.807, 2.05) is 6.07 Å². The number of Topliss-reactive ketones (excluding diaryl/α,β-unsaturated/α-hetero) is 1. The molecule has 18 heavy (non-hydrogen) atoms. The Hall–Kier alpha value is -2.16. The van der Waals surface area contributed by atoms with Gasteiger partial charge in [0.15, 0.2) is 11.5 Å². The molecule has 0 fully saturated rings. The Morgan fingerprint density at radius 3 is 2.83 bits per heavy atom. The first kappa shape index (κ1) is 11.0. The molecule has 0 amide bonds. The van der Waals surface area contributed by atoms with E-state index in [-0.39, 0.29) is 11.6 Å². The second-order valence-electron chi connectivity index (χ2n) is 4.46. The summed E-state index contributed by atoms with van der Waals surface area (Å²) in [5.74, 6) is 0.254. The monoisotopic (exact) mass is 240 g/mol. The highest BCUT2D eigenvalue weighted by atomic mass is 16.3. The molecule has 1 aromatic carbocycles. The lowest BCUT2D eigenvalue weighted by Crippen LogP contribution is -2.12. The summed E-state index contributed by atoms with van der Waals surface area (Å²) in [6.45, 7) is 0. The first-order chi connectivity index (χ1) is 8.75. The number of furan rings is 1. The third-order valence-corrected chi connectivity index (χ3v) is 3.27. The molecule has 0 radical (unpaired) electrons. The van der Waals surface area contributed by atoms with E-state index in [2.05, 4.69) is 0 Å². The van der Waals surface area contributed by atoms with Gasteiger partial charge in [0.2, 0.25) is 5.78 Å². The van der Waals surface area contributed by atoms with E-state index < -0.39 is 0 Å². The van der Waals surface area contributed by atoms with E-state index in [9.17, 15) is 9.59 Å². The molecule has 1 aromatic heterocycles. The average molecular weight is 240 g/mol. The van der Waals surface area contributed by atoms with Crippen LogP contribution in [0.25, 0.3) is 0 Å². The minimum Gasteiger partial charge on any atom is -0.461 e. The molecule has 0 atom stereocenters. The first-order valence-corrected chi connectivity index (χ1v) is 6.00. The largest absolute Gasteiger partial charge is 0.461 e. The van der Waals surface area contributed by atoms with Gasteiger partial charge in [0.1, 0.15) is 0 Å². The zero-order valence-corrected chi connectivity index (χ0v) is 9.81. The molecule has 0 saturated heterocycles. The Morgan fingerprint density at radius 2 is 2.06 bits per heavy atom. The third kappa shape index (κ3) is 1.78. The molecule has 0 saturated carbocycles. The molecule has 3 nitrogen and oxygen atoms in total. The van der Waals surface area contributed by atoms with Crippen LogP contribution in [0, 0.1) is 0 Å². The smallest absolute Gasteiger partial charge is 0.228 e. The van der Waals surface area contributed by atoms with Gasteiger partial charge in [0.25, 0.3) is 0 Å². The molecule has 1 aliphatic rings. The van der Waals surface area contributed by atoms with Crippen molar-refractivity contribution in [3.8, 4) is 0 Å². The van der Waals surface area contributed by atoms with E-state index in [0.29, 0.717) is 23.3 Å². The van der Waals surface area contributed by atoms with Gasteiger partial charge < -0.3 is 4.42 Å². The lowest BCUT2D eigenvalue weighted by atomic mass is 9.88. The predicted octanol–water partition coefficient (Wildman–Crippen LogP) is 3.03. The van der Waals surface area contributed by atoms with Crippen molar-refractivity contribution in [1.29, 1.82) is 0 Å². The van der Waals surface area contributed by atoms with Gasteiger partial charge in [-0.15, -0.1) is 0 Å². The van der Waals surface area contributed by atoms with Gasteiger partial charge in [0.05, 0.1) is 6.26 Å². The molecule has 0 bridgehead atoms. The van der Waals surface area contributed by atoms with Gasteiger partial charge in [-0.25, -0.2) is 0 Å². The standard InChI is InChI=1S/C15H12O3/c16-13-4-1-3-10-6-7-11(9-12(10)13)15(17)14-5-2-8-18-14/h2,5-9H,1,3-4H2. The van der Waals surface area contributed by atoms with Gasteiger partial charge in [-0.05, 0) is 36.6 Å². The molecule has 0 aliphatic heterocycles. The first-order valence-electron chi connectivity index (χ1n) is 6.00. The van der Waals surface area contributed by atoms with Crippen LogP contribution in [0.4, 0.5) is 0 Å². The van der Waals surface area contributed by atoms with Crippen LogP contribution in [0.3, 0.4) is 0 Å². The number of rotatable bonds is 2. The molecule has 1 heterocycles. The van der Waals surface area contributed by atoms with E-state index >= 15 is 0 Å². The predicted molar refractivity (Wildman–Crippen MR) is 65.9 cm³/mol. The normalized spacial score (nSPS) is 14.3. The molecule has 2 aromatic rings. The molecule has 90 valence electrons. The van der Waals surface area contributed by atoms with Crippen LogP contribution in [-0.4, -0.2) is 11.6 Å². The highest BCUT2D eigenvalue weighted by Gasteiger charge is 2.20. The highest BCUT2D eigenvalue weighted by Crippen LogP contribution is 2.23. The van der Waals surface area contributed by atoms with E-state index in [1.165, 1.54) is 6.26 Å². The maximum absolute atomic E-state index is 12.1. The fourth-order valence-corrected chi connectivity index (χ4v) is 2.32. The van der Waals surface area contributed by atoms with Crippen molar-refractivity contribution in [2.45, 2.75) is 19.3 Å². The number of fused-ring (bicyclic) bond motifs is 1. The molecule has 0 unspecified atom stereocenters. The van der Waals surface area contributed by atoms with Crippen LogP contribution in [0.5, 0.6) is 0 Å². The van der Waals surface area contributed by atoms with Crippen LogP contribution in [-0.2, 0) is 6.42 Å². The summed E-state index contributed by atoms with van der Waals surface area (Å²) < 4.78 is 5.09.